The van der Waals surface area contributed by atoms with E-state index >= 15 is 0 Å². The molecular weight excluding hydrogens is 546 g/mol. The van der Waals surface area contributed by atoms with Crippen molar-refractivity contribution in [1.82, 2.24) is 14.7 Å². The van der Waals surface area contributed by atoms with Gasteiger partial charge in [0.05, 0.1) is 20.3 Å². The quantitative estimate of drug-likeness (QED) is 0.358. The number of aryl methyl sites for hydroxylation is 1. The van der Waals surface area contributed by atoms with Gasteiger partial charge in [-0.2, -0.15) is 5.10 Å². The maximum atomic E-state index is 12.9. The lowest BCUT2D eigenvalue weighted by Crippen LogP contribution is -2.43. The Balaban J connectivity index is 1.43. The molecule has 43 heavy (non-hydrogen) atoms. The molecule has 0 spiro atoms. The molecule has 1 fully saturated rings. The number of ether oxygens (including phenoxy) is 3. The summed E-state index contributed by atoms with van der Waals surface area (Å²) in [7, 11) is 3.28. The van der Waals surface area contributed by atoms with Crippen molar-refractivity contribution in [2.24, 2.45) is 11.7 Å². The molecule has 10 heteroatoms. The molecule has 0 bridgehead atoms. The molecule has 1 aromatic heterocycles. The number of rotatable bonds is 8. The lowest BCUT2D eigenvalue weighted by Gasteiger charge is -2.38. The van der Waals surface area contributed by atoms with Crippen LogP contribution in [0.25, 0.3) is 11.3 Å². The zero-order chi connectivity index (χ0) is 30.7. The second-order valence-electron chi connectivity index (χ2n) is 12.3. The highest BCUT2D eigenvalue weighted by Crippen LogP contribution is 2.42. The second-order valence-corrected chi connectivity index (χ2v) is 12.3. The Morgan fingerprint density at radius 1 is 1.00 bits per heavy atom. The van der Waals surface area contributed by atoms with E-state index in [0.29, 0.717) is 53.8 Å². The number of aromatic nitrogens is 2. The molecule has 2 aromatic carbocycles. The summed E-state index contributed by atoms with van der Waals surface area (Å²) in [5, 5.41) is 8.40. The molecule has 230 valence electrons. The number of amides is 2. The van der Waals surface area contributed by atoms with Crippen LogP contribution in [0.1, 0.15) is 67.6 Å². The van der Waals surface area contributed by atoms with E-state index < -0.39 is 11.5 Å². The van der Waals surface area contributed by atoms with Gasteiger partial charge in [-0.05, 0) is 76.5 Å². The van der Waals surface area contributed by atoms with Crippen LogP contribution < -0.4 is 20.5 Å². The van der Waals surface area contributed by atoms with Gasteiger partial charge >= 0.3 is 6.09 Å². The van der Waals surface area contributed by atoms with Crippen molar-refractivity contribution in [3.63, 3.8) is 0 Å². The SMILES string of the molecule is COc1cc(-c2nn3c(c2C(N)=O)NCCC3C2CCN(C(=O)OC(C)(C)C)CC2)cc(OC)c1CCc1ccccc1. The van der Waals surface area contributed by atoms with Crippen LogP contribution in [0.4, 0.5) is 10.6 Å². The van der Waals surface area contributed by atoms with Crippen LogP contribution >= 0.6 is 0 Å². The Bertz CT molecular complexity index is 1430. The normalized spacial score (nSPS) is 17.1. The molecule has 3 N–H and O–H groups in total. The number of hydrogen-bond donors (Lipinski definition) is 2. The molecule has 0 saturated carbocycles. The highest BCUT2D eigenvalue weighted by atomic mass is 16.6. The lowest BCUT2D eigenvalue weighted by atomic mass is 9.87. The van der Waals surface area contributed by atoms with Gasteiger partial charge in [-0.1, -0.05) is 30.3 Å². The van der Waals surface area contributed by atoms with E-state index in [-0.39, 0.29) is 18.1 Å². The first-order valence-corrected chi connectivity index (χ1v) is 15.0. The standard InChI is InChI=1S/C33H43N5O5/c1-33(2,3)43-32(40)37-17-14-22(15-18-37)25-13-16-35-31-28(30(34)39)29(36-38(25)31)23-19-26(41-4)24(27(20-23)42-5)12-11-21-9-7-6-8-10-21/h6-10,19-20,22,25,35H,11-18H2,1-5H3,(H2,34,39). The molecule has 0 aliphatic carbocycles. The van der Waals surface area contributed by atoms with Gasteiger partial charge in [-0.3, -0.25) is 4.79 Å². The first-order chi connectivity index (χ1) is 20.6. The topological polar surface area (TPSA) is 121 Å². The Morgan fingerprint density at radius 2 is 1.65 bits per heavy atom. The van der Waals surface area contributed by atoms with Gasteiger partial charge in [0, 0.05) is 30.8 Å². The predicted octanol–water partition coefficient (Wildman–Crippen LogP) is 5.46. The number of piperidine rings is 1. The minimum atomic E-state index is -0.546. The van der Waals surface area contributed by atoms with Crippen molar-refractivity contribution in [2.45, 2.75) is 64.5 Å². The third-order valence-corrected chi connectivity index (χ3v) is 8.33. The van der Waals surface area contributed by atoms with Gasteiger partial charge in [-0.25, -0.2) is 9.48 Å². The number of anilines is 1. The van der Waals surface area contributed by atoms with Crippen LogP contribution in [0.5, 0.6) is 11.5 Å². The molecular formula is C33H43N5O5. The molecule has 10 nitrogen and oxygen atoms in total. The Labute approximate surface area is 253 Å². The molecule has 0 radical (unpaired) electrons. The van der Waals surface area contributed by atoms with Gasteiger partial charge in [0.15, 0.2) is 0 Å². The molecule has 1 atom stereocenters. The number of hydrogen-bond acceptors (Lipinski definition) is 7. The third kappa shape index (κ3) is 6.58. The van der Waals surface area contributed by atoms with Crippen molar-refractivity contribution in [2.75, 3.05) is 39.2 Å². The van der Waals surface area contributed by atoms with Crippen LogP contribution in [0.2, 0.25) is 0 Å². The summed E-state index contributed by atoms with van der Waals surface area (Å²) in [5.74, 6) is 1.73. The molecule has 2 aliphatic heterocycles. The van der Waals surface area contributed by atoms with Gasteiger partial charge in [0.1, 0.15) is 34.2 Å². The van der Waals surface area contributed by atoms with Crippen LogP contribution in [-0.2, 0) is 17.6 Å². The minimum absolute atomic E-state index is 0.0674. The number of carbonyl (C=O) groups is 2. The number of primary amides is 1. The van der Waals surface area contributed by atoms with Crippen LogP contribution in [0.3, 0.4) is 0 Å². The fourth-order valence-electron chi connectivity index (χ4n) is 6.25. The van der Waals surface area contributed by atoms with E-state index in [2.05, 4.69) is 17.4 Å². The molecule has 2 amide bonds. The van der Waals surface area contributed by atoms with Crippen molar-refractivity contribution in [1.29, 1.82) is 0 Å². The molecule has 1 saturated heterocycles. The molecule has 5 rings (SSSR count). The summed E-state index contributed by atoms with van der Waals surface area (Å²) in [6.07, 6.45) is 3.78. The van der Waals surface area contributed by atoms with Crippen LogP contribution in [0.15, 0.2) is 42.5 Å². The number of fused-ring (bicyclic) bond motifs is 1. The highest BCUT2D eigenvalue weighted by Gasteiger charge is 2.37. The number of nitrogens with zero attached hydrogens (tertiary/aromatic N) is 3. The summed E-state index contributed by atoms with van der Waals surface area (Å²) < 4.78 is 19.2. The predicted molar refractivity (Wildman–Crippen MR) is 166 cm³/mol. The first kappa shape index (κ1) is 30.3. The fraction of sp³-hybridized carbons (Fsp3) is 0.485. The van der Waals surface area contributed by atoms with Crippen molar-refractivity contribution in [3.05, 3.63) is 59.2 Å². The maximum Gasteiger partial charge on any atom is 0.410 e. The van der Waals surface area contributed by atoms with Crippen LogP contribution in [-0.4, -0.2) is 66.1 Å². The number of nitrogens with one attached hydrogen (secondary N) is 1. The second kappa shape index (κ2) is 12.6. The smallest absolute Gasteiger partial charge is 0.410 e. The summed E-state index contributed by atoms with van der Waals surface area (Å²) in [6, 6.07) is 14.2. The number of benzene rings is 2. The Morgan fingerprint density at radius 3 is 2.23 bits per heavy atom. The maximum absolute atomic E-state index is 12.9. The number of nitrogens with two attached hydrogens (primary N) is 1. The first-order valence-electron chi connectivity index (χ1n) is 15.0. The van der Waals surface area contributed by atoms with Gasteiger partial charge < -0.3 is 30.2 Å². The molecule has 3 aromatic rings. The molecule has 1 unspecified atom stereocenters. The summed E-state index contributed by atoms with van der Waals surface area (Å²) >= 11 is 0. The Kier molecular flexibility index (Phi) is 8.84. The van der Waals surface area contributed by atoms with Crippen molar-refractivity contribution in [3.8, 4) is 22.8 Å². The molecule has 2 aliphatic rings. The van der Waals surface area contributed by atoms with E-state index in [4.69, 9.17) is 25.0 Å². The lowest BCUT2D eigenvalue weighted by molar-refractivity contribution is 0.0157. The average molecular weight is 590 g/mol. The summed E-state index contributed by atoms with van der Waals surface area (Å²) in [6.45, 7) is 7.58. The highest BCUT2D eigenvalue weighted by molar-refractivity contribution is 6.04. The van der Waals surface area contributed by atoms with E-state index in [0.717, 1.165) is 37.7 Å². The van der Waals surface area contributed by atoms with Crippen molar-refractivity contribution < 1.29 is 23.8 Å². The zero-order valence-electron chi connectivity index (χ0n) is 25.8. The van der Waals surface area contributed by atoms with Gasteiger partial charge in [0.25, 0.3) is 5.91 Å². The third-order valence-electron chi connectivity index (χ3n) is 8.33. The van der Waals surface area contributed by atoms with E-state index in [1.165, 1.54) is 5.56 Å². The number of carbonyl (C=O) groups excluding carboxylic acids is 2. The van der Waals surface area contributed by atoms with Crippen LogP contribution in [0, 0.1) is 5.92 Å². The minimum Gasteiger partial charge on any atom is -0.496 e. The summed E-state index contributed by atoms with van der Waals surface area (Å²) in [5.41, 5.74) is 9.19. The van der Waals surface area contributed by atoms with E-state index in [9.17, 15) is 9.59 Å². The van der Waals surface area contributed by atoms with E-state index in [1.807, 2.05) is 55.8 Å². The average Bonchev–Trinajstić information content (AvgIpc) is 3.39. The zero-order valence-corrected chi connectivity index (χ0v) is 25.8. The van der Waals surface area contributed by atoms with Gasteiger partial charge in [0.2, 0.25) is 0 Å². The van der Waals surface area contributed by atoms with Gasteiger partial charge in [-0.15, -0.1) is 0 Å². The van der Waals surface area contributed by atoms with Crippen molar-refractivity contribution >= 4 is 17.8 Å². The largest absolute Gasteiger partial charge is 0.496 e. The number of methoxy groups -OCH3 is 2. The summed E-state index contributed by atoms with van der Waals surface area (Å²) in [4.78, 5) is 27.3. The monoisotopic (exact) mass is 589 g/mol. The fourth-order valence-corrected chi connectivity index (χ4v) is 6.25. The Hall–Kier alpha value is -4.21. The molecule has 3 heterocycles. The number of likely N-dealkylation sites (tertiary alicyclic amines) is 1. The van der Waals surface area contributed by atoms with E-state index in [1.54, 1.807) is 19.1 Å².